The minimum Gasteiger partial charge on any atom is -0.486 e. The molecule has 0 aliphatic carbocycles. The zero-order chi connectivity index (χ0) is 25.3. The lowest BCUT2D eigenvalue weighted by Crippen LogP contribution is -2.54. The van der Waals surface area contributed by atoms with Crippen LogP contribution in [0.4, 0.5) is 10.5 Å². The van der Waals surface area contributed by atoms with Gasteiger partial charge in [0.2, 0.25) is 0 Å². The van der Waals surface area contributed by atoms with E-state index in [-0.39, 0.29) is 28.0 Å². The summed E-state index contributed by atoms with van der Waals surface area (Å²) in [5.41, 5.74) is 3.25. The molecular weight excluding hydrogens is 511 g/mol. The van der Waals surface area contributed by atoms with Gasteiger partial charge in [0, 0.05) is 5.02 Å². The number of ether oxygens (including phenoxy) is 1. The first-order valence-electron chi connectivity index (χ1n) is 10.5. The number of carbonyl (C=O) groups excluding carboxylic acids is 3. The molecule has 1 N–H and O–H groups in total. The number of halogens is 3. The fourth-order valence-electron chi connectivity index (χ4n) is 3.51. The summed E-state index contributed by atoms with van der Waals surface area (Å²) in [5.74, 6) is -1.31. The molecule has 0 spiro atoms. The number of amides is 4. The first-order valence-corrected chi connectivity index (χ1v) is 11.6. The molecular formula is C26H19Cl3N2O4. The van der Waals surface area contributed by atoms with E-state index in [0.717, 1.165) is 21.6 Å². The Balaban J connectivity index is 1.62. The number of aryl methyl sites for hydroxylation is 2. The molecule has 0 bridgehead atoms. The second-order valence-corrected chi connectivity index (χ2v) is 9.21. The van der Waals surface area contributed by atoms with E-state index in [1.807, 2.05) is 19.9 Å². The van der Waals surface area contributed by atoms with Crippen molar-refractivity contribution in [2.24, 2.45) is 0 Å². The number of hydrogen-bond acceptors (Lipinski definition) is 4. The molecule has 3 aromatic rings. The highest BCUT2D eigenvalue weighted by Gasteiger charge is 2.37. The summed E-state index contributed by atoms with van der Waals surface area (Å²) in [4.78, 5) is 39.0. The summed E-state index contributed by atoms with van der Waals surface area (Å²) in [6.45, 7) is 3.98. The molecule has 1 aliphatic rings. The Kier molecular flexibility index (Phi) is 7.17. The lowest BCUT2D eigenvalue weighted by atomic mass is 10.0. The Morgan fingerprint density at radius 3 is 2.29 bits per heavy atom. The third-order valence-corrected chi connectivity index (χ3v) is 6.25. The lowest BCUT2D eigenvalue weighted by Gasteiger charge is -2.27. The van der Waals surface area contributed by atoms with E-state index in [1.54, 1.807) is 36.4 Å². The Bertz CT molecular complexity index is 1380. The van der Waals surface area contributed by atoms with Crippen molar-refractivity contribution >= 4 is 64.4 Å². The van der Waals surface area contributed by atoms with Crippen LogP contribution in [0.1, 0.15) is 22.3 Å². The summed E-state index contributed by atoms with van der Waals surface area (Å²) in [6.07, 6.45) is 1.33. The van der Waals surface area contributed by atoms with Crippen LogP contribution in [0.15, 0.2) is 60.2 Å². The first kappa shape index (κ1) is 24.8. The Labute approximate surface area is 217 Å². The molecule has 178 valence electrons. The highest BCUT2D eigenvalue weighted by atomic mass is 35.5. The topological polar surface area (TPSA) is 75.7 Å². The molecule has 6 nitrogen and oxygen atoms in total. The maximum absolute atomic E-state index is 13.1. The molecule has 1 heterocycles. The number of barbiturate groups is 1. The molecule has 0 saturated carbocycles. The van der Waals surface area contributed by atoms with E-state index < -0.39 is 17.8 Å². The Morgan fingerprint density at radius 1 is 0.914 bits per heavy atom. The maximum Gasteiger partial charge on any atom is 0.335 e. The Morgan fingerprint density at radius 2 is 1.63 bits per heavy atom. The molecule has 35 heavy (non-hydrogen) atoms. The third kappa shape index (κ3) is 5.35. The quantitative estimate of drug-likeness (QED) is 0.302. The van der Waals surface area contributed by atoms with Crippen molar-refractivity contribution in [2.75, 3.05) is 4.90 Å². The third-order valence-electron chi connectivity index (χ3n) is 5.45. The summed E-state index contributed by atoms with van der Waals surface area (Å²) in [7, 11) is 0. The van der Waals surface area contributed by atoms with Crippen molar-refractivity contribution < 1.29 is 19.1 Å². The van der Waals surface area contributed by atoms with Gasteiger partial charge in [0.05, 0.1) is 15.7 Å². The number of rotatable bonds is 5. The van der Waals surface area contributed by atoms with E-state index in [2.05, 4.69) is 5.32 Å². The van der Waals surface area contributed by atoms with E-state index >= 15 is 0 Å². The van der Waals surface area contributed by atoms with Crippen LogP contribution in [-0.2, 0) is 16.2 Å². The summed E-state index contributed by atoms with van der Waals surface area (Å²) >= 11 is 18.8. The number of nitrogens with one attached hydrogen (secondary N) is 1. The number of hydrogen-bond donors (Lipinski definition) is 1. The number of anilines is 1. The molecule has 4 amide bonds. The predicted octanol–water partition coefficient (Wildman–Crippen LogP) is 6.51. The van der Waals surface area contributed by atoms with Crippen LogP contribution in [0.5, 0.6) is 5.75 Å². The minimum absolute atomic E-state index is 0.189. The van der Waals surface area contributed by atoms with Crippen LogP contribution < -0.4 is 15.0 Å². The van der Waals surface area contributed by atoms with E-state index in [1.165, 1.54) is 18.2 Å². The highest BCUT2D eigenvalue weighted by Crippen LogP contribution is 2.36. The first-order chi connectivity index (χ1) is 16.6. The average Bonchev–Trinajstić information content (AvgIpc) is 2.78. The summed E-state index contributed by atoms with van der Waals surface area (Å²) in [6, 6.07) is 14.5. The number of carbonyl (C=O) groups is 3. The van der Waals surface area contributed by atoms with Gasteiger partial charge in [-0.3, -0.25) is 14.9 Å². The van der Waals surface area contributed by atoms with Gasteiger partial charge < -0.3 is 4.74 Å². The fourth-order valence-corrected chi connectivity index (χ4v) is 4.33. The SMILES string of the molecule is Cc1ccc(N2C(=O)NC(=O)/C(=C\c3cc(Cl)c(OCc4cccc(Cl)c4)c(Cl)c3)C2=O)cc1C. The molecule has 1 aliphatic heterocycles. The smallest absolute Gasteiger partial charge is 0.335 e. The van der Waals surface area contributed by atoms with Gasteiger partial charge in [0.1, 0.15) is 12.2 Å². The van der Waals surface area contributed by atoms with Gasteiger partial charge >= 0.3 is 6.03 Å². The van der Waals surface area contributed by atoms with Crippen molar-refractivity contribution in [3.8, 4) is 5.75 Å². The maximum atomic E-state index is 13.1. The van der Waals surface area contributed by atoms with Crippen molar-refractivity contribution in [2.45, 2.75) is 20.5 Å². The number of nitrogens with zero attached hydrogens (tertiary/aromatic N) is 1. The van der Waals surface area contributed by atoms with Crippen molar-refractivity contribution in [1.82, 2.24) is 5.32 Å². The average molecular weight is 530 g/mol. The summed E-state index contributed by atoms with van der Waals surface area (Å²) in [5, 5.41) is 3.17. The van der Waals surface area contributed by atoms with Gasteiger partial charge in [0.25, 0.3) is 11.8 Å². The number of benzene rings is 3. The van der Waals surface area contributed by atoms with Gasteiger partial charge in [0.15, 0.2) is 5.75 Å². The van der Waals surface area contributed by atoms with Crippen molar-refractivity contribution in [3.63, 3.8) is 0 Å². The van der Waals surface area contributed by atoms with Crippen LogP contribution in [0, 0.1) is 13.8 Å². The fraction of sp³-hybridized carbons (Fsp3) is 0.115. The van der Waals surface area contributed by atoms with Gasteiger partial charge in [-0.05, 0) is 78.6 Å². The van der Waals surface area contributed by atoms with Crippen molar-refractivity contribution in [1.29, 1.82) is 0 Å². The largest absolute Gasteiger partial charge is 0.486 e. The zero-order valence-corrected chi connectivity index (χ0v) is 21.0. The van der Waals surface area contributed by atoms with Gasteiger partial charge in [-0.2, -0.15) is 0 Å². The number of imide groups is 2. The summed E-state index contributed by atoms with van der Waals surface area (Å²) < 4.78 is 5.76. The molecule has 1 fully saturated rings. The molecule has 0 radical (unpaired) electrons. The second kappa shape index (κ2) is 10.1. The molecule has 4 rings (SSSR count). The second-order valence-electron chi connectivity index (χ2n) is 7.96. The number of urea groups is 1. The van der Waals surface area contributed by atoms with Crippen LogP contribution in [0.25, 0.3) is 6.08 Å². The highest BCUT2D eigenvalue weighted by molar-refractivity contribution is 6.40. The minimum atomic E-state index is -0.818. The molecule has 0 aromatic heterocycles. The van der Waals surface area contributed by atoms with Gasteiger partial charge in [-0.15, -0.1) is 0 Å². The Hall–Kier alpha value is -3.32. The van der Waals surface area contributed by atoms with Gasteiger partial charge in [-0.1, -0.05) is 53.0 Å². The molecule has 9 heteroatoms. The van der Waals surface area contributed by atoms with Crippen LogP contribution in [0.3, 0.4) is 0 Å². The normalized spacial score (nSPS) is 14.9. The van der Waals surface area contributed by atoms with E-state index in [4.69, 9.17) is 39.5 Å². The standard InChI is InChI=1S/C26H19Cl3N2O4/c1-14-6-7-19(8-15(14)2)31-25(33)20(24(32)30-26(31)34)10-17-11-21(28)23(22(29)12-17)35-13-16-4-3-5-18(27)9-16/h3-12H,13H2,1-2H3,(H,30,32,34)/b20-10+. The molecule has 0 unspecified atom stereocenters. The monoisotopic (exact) mass is 528 g/mol. The molecule has 3 aromatic carbocycles. The van der Waals surface area contributed by atoms with Crippen LogP contribution >= 0.6 is 34.8 Å². The predicted molar refractivity (Wildman–Crippen MR) is 137 cm³/mol. The lowest BCUT2D eigenvalue weighted by molar-refractivity contribution is -0.122. The van der Waals surface area contributed by atoms with E-state index in [0.29, 0.717) is 16.3 Å². The van der Waals surface area contributed by atoms with Gasteiger partial charge in [-0.25, -0.2) is 9.69 Å². The van der Waals surface area contributed by atoms with E-state index in [9.17, 15) is 14.4 Å². The molecule has 1 saturated heterocycles. The molecule has 0 atom stereocenters. The van der Waals surface area contributed by atoms with Crippen molar-refractivity contribution in [3.05, 3.63) is 97.5 Å². The zero-order valence-electron chi connectivity index (χ0n) is 18.7. The van der Waals surface area contributed by atoms with Crippen LogP contribution in [0.2, 0.25) is 15.1 Å². The van der Waals surface area contributed by atoms with Crippen LogP contribution in [-0.4, -0.2) is 17.8 Å².